The molecule has 1 saturated heterocycles. The van der Waals surface area contributed by atoms with Crippen molar-refractivity contribution in [1.29, 1.82) is 0 Å². The van der Waals surface area contributed by atoms with Gasteiger partial charge in [-0.1, -0.05) is 0 Å². The van der Waals surface area contributed by atoms with Crippen LogP contribution < -0.4 is 5.32 Å². The van der Waals surface area contributed by atoms with Crippen LogP contribution in [0.2, 0.25) is 0 Å². The van der Waals surface area contributed by atoms with Crippen molar-refractivity contribution in [1.82, 2.24) is 14.9 Å². The van der Waals surface area contributed by atoms with Crippen molar-refractivity contribution in [3.63, 3.8) is 0 Å². The van der Waals surface area contributed by atoms with Gasteiger partial charge >= 0.3 is 18.4 Å². The molecular weight excluding hydrogens is 343 g/mol. The number of ether oxygens (including phenoxy) is 1. The van der Waals surface area contributed by atoms with Crippen molar-refractivity contribution >= 4 is 12.0 Å². The highest BCUT2D eigenvalue weighted by molar-refractivity contribution is 5.66. The fraction of sp³-hybridized carbons (Fsp3) is 0.583. The number of nitrogens with one attached hydrogen (secondary N) is 1. The zero-order chi connectivity index (χ0) is 19.9. The average Bonchev–Trinajstić information content (AvgIpc) is 2.43. The first-order valence-corrected chi connectivity index (χ1v) is 6.45. The molecule has 2 heterocycles. The topological polar surface area (TPSA) is 87.6 Å². The second-order valence-electron chi connectivity index (χ2n) is 4.88. The number of rotatable bonds is 3. The molecule has 0 saturated carbocycles. The average molecular weight is 358 g/mol. The fourth-order valence-corrected chi connectivity index (χ4v) is 1.98. The number of nitrogens with zero attached hydrogens (tertiary/aromatic N) is 3. The van der Waals surface area contributed by atoms with Gasteiger partial charge in [0.05, 0.1) is 20.5 Å². The Morgan fingerprint density at radius 2 is 2.12 bits per heavy atom. The van der Waals surface area contributed by atoms with E-state index in [2.05, 4.69) is 14.7 Å². The van der Waals surface area contributed by atoms with Crippen molar-refractivity contribution in [2.24, 2.45) is 0 Å². The molecule has 1 amide bonds. The third-order valence-corrected chi connectivity index (χ3v) is 3.05. The molecule has 1 aromatic heterocycles. The molecule has 0 unspecified atom stereocenters. The van der Waals surface area contributed by atoms with Crippen LogP contribution in [-0.2, 0) is 10.9 Å². The highest BCUT2D eigenvalue weighted by Gasteiger charge is 2.47. The van der Waals surface area contributed by atoms with E-state index >= 15 is 0 Å². The van der Waals surface area contributed by atoms with E-state index in [9.17, 15) is 26.7 Å². The smallest absolute Gasteiger partial charge is 0.419 e. The van der Waals surface area contributed by atoms with Crippen LogP contribution in [-0.4, -0.2) is 57.4 Å². The summed E-state index contributed by atoms with van der Waals surface area (Å²) in [7, 11) is 0. The van der Waals surface area contributed by atoms with Crippen molar-refractivity contribution < 1.29 is 39.3 Å². The van der Waals surface area contributed by atoms with E-state index in [1.807, 2.05) is 5.32 Å². The van der Waals surface area contributed by atoms with Gasteiger partial charge in [-0.25, -0.2) is 14.8 Å². The van der Waals surface area contributed by atoms with Crippen molar-refractivity contribution in [2.45, 2.75) is 31.4 Å². The number of carboxylic acid groups (broad SMARTS) is 1. The minimum atomic E-state index is -4.70. The lowest BCUT2D eigenvalue weighted by Crippen LogP contribution is -2.60. The molecule has 1 aliphatic rings. The van der Waals surface area contributed by atoms with Gasteiger partial charge in [0.25, 0.3) is 0 Å². The molecule has 2 N–H and O–H groups in total. The molecule has 0 radical (unpaired) electrons. The Balaban J connectivity index is 2.25. The molecule has 2 atom stereocenters. The van der Waals surface area contributed by atoms with Crippen LogP contribution in [0.1, 0.15) is 15.2 Å². The first-order chi connectivity index (χ1) is 11.7. The van der Waals surface area contributed by atoms with Gasteiger partial charge < -0.3 is 15.2 Å². The Hall–Kier alpha value is -2.24. The van der Waals surface area contributed by atoms with Crippen LogP contribution in [0.25, 0.3) is 0 Å². The van der Waals surface area contributed by atoms with Crippen LogP contribution in [0.5, 0.6) is 0 Å². The van der Waals surface area contributed by atoms with E-state index in [1.54, 1.807) is 0 Å². The maximum Gasteiger partial charge on any atom is 0.419 e. The Labute approximate surface area is 135 Å². The summed E-state index contributed by atoms with van der Waals surface area (Å²) >= 11 is 0. The monoisotopic (exact) mass is 358 g/mol. The second-order valence-corrected chi connectivity index (χ2v) is 4.88. The van der Waals surface area contributed by atoms with E-state index in [-0.39, 0.29) is 4.90 Å². The predicted octanol–water partition coefficient (Wildman–Crippen LogP) is 2.27. The molecule has 0 bridgehead atoms. The van der Waals surface area contributed by atoms with Crippen molar-refractivity contribution in [3.05, 3.63) is 18.0 Å². The third-order valence-electron chi connectivity index (χ3n) is 3.05. The van der Waals surface area contributed by atoms with Gasteiger partial charge in [-0.3, -0.25) is 4.90 Å². The zero-order valence-corrected chi connectivity index (χ0v) is 12.0. The minimum Gasteiger partial charge on any atom is -0.465 e. The third kappa shape index (κ3) is 4.19. The molecule has 0 aliphatic carbocycles. The quantitative estimate of drug-likeness (QED) is 0.806. The molecule has 24 heavy (non-hydrogen) atoms. The summed E-state index contributed by atoms with van der Waals surface area (Å²) in [5, 5.41) is 11.1. The number of amides is 1. The van der Waals surface area contributed by atoms with Gasteiger partial charge in [0.2, 0.25) is 5.95 Å². The SMILES string of the molecule is [2H]C([2H])(Nc1ncc(C(F)(F)F)cn1)[C@@H]1[C@H](C)OC(F)(F)CN1C(=O)O. The Bertz CT molecular complexity index is 674. The van der Waals surface area contributed by atoms with Crippen LogP contribution >= 0.6 is 0 Å². The van der Waals surface area contributed by atoms with E-state index in [0.29, 0.717) is 12.4 Å². The molecule has 2 rings (SSSR count). The summed E-state index contributed by atoms with van der Waals surface area (Å²) < 4.78 is 84.5. The molecule has 134 valence electrons. The van der Waals surface area contributed by atoms with Gasteiger partial charge in [0, 0.05) is 18.9 Å². The molecule has 7 nitrogen and oxygen atoms in total. The van der Waals surface area contributed by atoms with Crippen LogP contribution in [0.3, 0.4) is 0 Å². The Morgan fingerprint density at radius 1 is 1.54 bits per heavy atom. The first-order valence-electron chi connectivity index (χ1n) is 7.45. The highest BCUT2D eigenvalue weighted by atomic mass is 19.4. The number of alkyl halides is 5. The van der Waals surface area contributed by atoms with E-state index in [4.69, 9.17) is 7.85 Å². The predicted molar refractivity (Wildman–Crippen MR) is 69.5 cm³/mol. The fourth-order valence-electron chi connectivity index (χ4n) is 1.98. The van der Waals surface area contributed by atoms with Gasteiger partial charge in [-0.15, -0.1) is 0 Å². The van der Waals surface area contributed by atoms with E-state index in [1.165, 1.54) is 0 Å². The standard InChI is InChI=1S/C12H13F5N4O3/c1-6-8(21(10(22)23)5-11(13,14)24-6)4-20-9-18-2-7(3-19-9)12(15,16)17/h2-3,6,8H,4-5H2,1H3,(H,22,23)(H,18,19,20)/t6-,8+/m0/s1/i4D2. The molecule has 0 aromatic carbocycles. The lowest BCUT2D eigenvalue weighted by Gasteiger charge is -2.41. The van der Waals surface area contributed by atoms with Crippen molar-refractivity contribution in [3.8, 4) is 0 Å². The molecule has 1 aliphatic heterocycles. The molecule has 1 fully saturated rings. The van der Waals surface area contributed by atoms with Crippen LogP contribution in [0.15, 0.2) is 12.4 Å². The Kier molecular flexibility index (Phi) is 4.04. The van der Waals surface area contributed by atoms with Gasteiger partial charge in [-0.05, 0) is 6.92 Å². The molecular formula is C12H13F5N4O3. The lowest BCUT2D eigenvalue weighted by atomic mass is 10.1. The number of hydrogen-bond acceptors (Lipinski definition) is 5. The lowest BCUT2D eigenvalue weighted by molar-refractivity contribution is -0.299. The van der Waals surface area contributed by atoms with Gasteiger partial charge in [-0.2, -0.15) is 22.0 Å². The summed E-state index contributed by atoms with van der Waals surface area (Å²) in [4.78, 5) is 18.0. The summed E-state index contributed by atoms with van der Waals surface area (Å²) in [6.45, 7) is -3.10. The summed E-state index contributed by atoms with van der Waals surface area (Å²) in [6.07, 6.45) is -11.1. The van der Waals surface area contributed by atoms with Gasteiger partial charge in [0.1, 0.15) is 6.54 Å². The van der Waals surface area contributed by atoms with Crippen LogP contribution in [0, 0.1) is 0 Å². The summed E-state index contributed by atoms with van der Waals surface area (Å²) in [6, 6.07) is -1.74. The van der Waals surface area contributed by atoms with E-state index in [0.717, 1.165) is 6.92 Å². The van der Waals surface area contributed by atoms with Crippen molar-refractivity contribution in [2.75, 3.05) is 18.4 Å². The largest absolute Gasteiger partial charge is 0.465 e. The number of halogens is 5. The maximum atomic E-state index is 13.4. The first kappa shape index (κ1) is 15.3. The molecule has 1 aromatic rings. The number of carbonyl (C=O) groups is 1. The maximum absolute atomic E-state index is 13.4. The Morgan fingerprint density at radius 3 is 2.62 bits per heavy atom. The zero-order valence-electron chi connectivity index (χ0n) is 14.0. The van der Waals surface area contributed by atoms with Crippen LogP contribution in [0.4, 0.5) is 32.7 Å². The second kappa shape index (κ2) is 6.34. The number of morpholine rings is 1. The molecule has 0 spiro atoms. The number of aromatic nitrogens is 2. The highest BCUT2D eigenvalue weighted by Crippen LogP contribution is 2.30. The normalized spacial score (nSPS) is 25.7. The summed E-state index contributed by atoms with van der Waals surface area (Å²) in [5.74, 6) is -0.585. The number of anilines is 1. The van der Waals surface area contributed by atoms with E-state index < -0.39 is 55.1 Å². The molecule has 12 heteroatoms. The number of hydrogen-bond donors (Lipinski definition) is 2. The van der Waals surface area contributed by atoms with Gasteiger partial charge in [0.15, 0.2) is 0 Å². The minimum absolute atomic E-state index is 0.158. The summed E-state index contributed by atoms with van der Waals surface area (Å²) in [5.41, 5.74) is -1.18.